The molecular weight excluding hydrogens is 396 g/mol. The molecule has 0 radical (unpaired) electrons. The molecule has 166 valence electrons. The number of rotatable bonds is 7. The number of amides is 5. The summed E-state index contributed by atoms with van der Waals surface area (Å²) in [5.74, 6) is -0.656. The molecule has 1 aromatic rings. The molecule has 2 N–H and O–H groups in total. The van der Waals surface area contributed by atoms with Gasteiger partial charge in [0.2, 0.25) is 11.8 Å². The summed E-state index contributed by atoms with van der Waals surface area (Å²) in [6.07, 6.45) is 4.04. The number of benzene rings is 1. The zero-order chi connectivity index (χ0) is 22.0. The van der Waals surface area contributed by atoms with Crippen molar-refractivity contribution in [3.05, 3.63) is 35.4 Å². The maximum absolute atomic E-state index is 12.6. The number of likely N-dealkylation sites (tertiary alicyclic amines) is 1. The van der Waals surface area contributed by atoms with Crippen molar-refractivity contribution in [3.8, 4) is 0 Å². The lowest BCUT2D eigenvalue weighted by Crippen LogP contribution is -2.44. The third kappa shape index (κ3) is 4.43. The first kappa shape index (κ1) is 21.3. The van der Waals surface area contributed by atoms with E-state index in [0.29, 0.717) is 38.9 Å². The summed E-state index contributed by atoms with van der Waals surface area (Å²) in [6.45, 7) is 3.59. The fraction of sp³-hybridized carbons (Fsp3) is 0.565. The van der Waals surface area contributed by atoms with Crippen LogP contribution in [0.2, 0.25) is 0 Å². The first-order valence-corrected chi connectivity index (χ1v) is 11.1. The van der Waals surface area contributed by atoms with Crippen LogP contribution >= 0.6 is 0 Å². The molecule has 1 aromatic carbocycles. The molecule has 4 rings (SSSR count). The van der Waals surface area contributed by atoms with Crippen LogP contribution in [-0.4, -0.2) is 58.7 Å². The van der Waals surface area contributed by atoms with E-state index in [1.807, 2.05) is 31.2 Å². The number of carbonyl (C=O) groups is 4. The summed E-state index contributed by atoms with van der Waals surface area (Å²) in [5, 5.41) is 5.73. The number of hydrogen-bond acceptors (Lipinski definition) is 4. The SMILES string of the molecule is Cc1ccc(CN2C[C@@H](C(=O)NCCCN3C(=O)NC4(CCCC4)C3=O)CC2=O)cc1. The Balaban J connectivity index is 1.20. The Morgan fingerprint density at radius 1 is 1.16 bits per heavy atom. The zero-order valence-electron chi connectivity index (χ0n) is 18.0. The van der Waals surface area contributed by atoms with Crippen molar-refractivity contribution in [1.29, 1.82) is 0 Å². The van der Waals surface area contributed by atoms with E-state index in [1.165, 1.54) is 10.5 Å². The largest absolute Gasteiger partial charge is 0.356 e. The van der Waals surface area contributed by atoms with E-state index < -0.39 is 5.54 Å². The highest BCUT2D eigenvalue weighted by molar-refractivity contribution is 6.07. The Hall–Kier alpha value is -2.90. The van der Waals surface area contributed by atoms with Gasteiger partial charge in [-0.05, 0) is 31.7 Å². The molecule has 8 nitrogen and oxygen atoms in total. The van der Waals surface area contributed by atoms with Crippen LogP contribution < -0.4 is 10.6 Å². The quantitative estimate of drug-likeness (QED) is 0.512. The number of carbonyl (C=O) groups excluding carboxylic acids is 4. The fourth-order valence-electron chi connectivity index (χ4n) is 4.80. The van der Waals surface area contributed by atoms with Gasteiger partial charge in [0.25, 0.3) is 5.91 Å². The average Bonchev–Trinajstić information content (AvgIpc) is 3.42. The number of aryl methyl sites for hydroxylation is 1. The van der Waals surface area contributed by atoms with E-state index in [1.54, 1.807) is 4.90 Å². The third-order valence-electron chi connectivity index (χ3n) is 6.64. The number of nitrogens with one attached hydrogen (secondary N) is 2. The number of hydrogen-bond donors (Lipinski definition) is 2. The summed E-state index contributed by atoms with van der Waals surface area (Å²) in [4.78, 5) is 52.7. The lowest BCUT2D eigenvalue weighted by Gasteiger charge is -2.20. The van der Waals surface area contributed by atoms with Gasteiger partial charge in [-0.15, -0.1) is 0 Å². The molecule has 8 heteroatoms. The molecule has 1 atom stereocenters. The van der Waals surface area contributed by atoms with E-state index in [4.69, 9.17) is 0 Å². The Labute approximate surface area is 182 Å². The highest BCUT2D eigenvalue weighted by atomic mass is 16.2. The molecule has 2 heterocycles. The van der Waals surface area contributed by atoms with E-state index in [0.717, 1.165) is 18.4 Å². The van der Waals surface area contributed by atoms with Crippen molar-refractivity contribution in [2.45, 2.75) is 57.5 Å². The predicted molar refractivity (Wildman–Crippen MR) is 114 cm³/mol. The molecule has 0 unspecified atom stereocenters. The first-order chi connectivity index (χ1) is 14.9. The normalized spacial score (nSPS) is 22.5. The van der Waals surface area contributed by atoms with Crippen LogP contribution in [0, 0.1) is 12.8 Å². The zero-order valence-corrected chi connectivity index (χ0v) is 18.0. The smallest absolute Gasteiger partial charge is 0.325 e. The lowest BCUT2D eigenvalue weighted by molar-refractivity contribution is -0.131. The molecule has 1 saturated carbocycles. The molecule has 2 saturated heterocycles. The van der Waals surface area contributed by atoms with Gasteiger partial charge in [-0.1, -0.05) is 42.7 Å². The van der Waals surface area contributed by atoms with Crippen molar-refractivity contribution in [2.24, 2.45) is 5.92 Å². The predicted octanol–water partition coefficient (Wildman–Crippen LogP) is 1.71. The highest BCUT2D eigenvalue weighted by Gasteiger charge is 2.52. The first-order valence-electron chi connectivity index (χ1n) is 11.1. The molecule has 0 bridgehead atoms. The van der Waals surface area contributed by atoms with Crippen molar-refractivity contribution in [3.63, 3.8) is 0 Å². The maximum Gasteiger partial charge on any atom is 0.325 e. The van der Waals surface area contributed by atoms with Crippen molar-refractivity contribution < 1.29 is 19.2 Å². The van der Waals surface area contributed by atoms with E-state index >= 15 is 0 Å². The minimum Gasteiger partial charge on any atom is -0.356 e. The molecule has 5 amide bonds. The van der Waals surface area contributed by atoms with Crippen LogP contribution in [-0.2, 0) is 20.9 Å². The van der Waals surface area contributed by atoms with Gasteiger partial charge in [0.15, 0.2) is 0 Å². The topological polar surface area (TPSA) is 98.8 Å². The summed E-state index contributed by atoms with van der Waals surface area (Å²) in [7, 11) is 0. The Morgan fingerprint density at radius 3 is 2.58 bits per heavy atom. The number of imide groups is 1. The van der Waals surface area contributed by atoms with Crippen LogP contribution in [0.3, 0.4) is 0 Å². The number of nitrogens with zero attached hydrogens (tertiary/aromatic N) is 2. The van der Waals surface area contributed by atoms with E-state index in [2.05, 4.69) is 10.6 Å². The van der Waals surface area contributed by atoms with Crippen LogP contribution in [0.5, 0.6) is 0 Å². The van der Waals surface area contributed by atoms with Gasteiger partial charge in [-0.3, -0.25) is 19.3 Å². The van der Waals surface area contributed by atoms with Gasteiger partial charge in [0.1, 0.15) is 5.54 Å². The standard InChI is InChI=1S/C23H30N4O4/c1-16-5-7-17(8-6-16)14-26-15-18(13-19(26)28)20(29)24-11-4-12-27-21(30)23(25-22(27)31)9-2-3-10-23/h5-8,18H,2-4,9-15H2,1H3,(H,24,29)(H,25,31)/t18-/m0/s1. The summed E-state index contributed by atoms with van der Waals surface area (Å²) in [6, 6.07) is 7.70. The molecule has 2 aliphatic heterocycles. The second-order valence-electron chi connectivity index (χ2n) is 8.98. The van der Waals surface area contributed by atoms with Gasteiger partial charge in [-0.2, -0.15) is 0 Å². The minimum absolute atomic E-state index is 0.0121. The summed E-state index contributed by atoms with van der Waals surface area (Å²) >= 11 is 0. The minimum atomic E-state index is -0.689. The van der Waals surface area contributed by atoms with Gasteiger partial charge >= 0.3 is 6.03 Å². The Morgan fingerprint density at radius 2 is 1.87 bits per heavy atom. The molecular formula is C23H30N4O4. The molecule has 3 fully saturated rings. The Bertz CT molecular complexity index is 876. The van der Waals surface area contributed by atoms with Crippen LogP contribution in [0.4, 0.5) is 4.79 Å². The third-order valence-corrected chi connectivity index (χ3v) is 6.64. The Kier molecular flexibility index (Phi) is 5.98. The molecule has 3 aliphatic rings. The lowest BCUT2D eigenvalue weighted by atomic mass is 9.98. The monoisotopic (exact) mass is 426 g/mol. The number of urea groups is 1. The van der Waals surface area contributed by atoms with Crippen LogP contribution in [0.15, 0.2) is 24.3 Å². The molecule has 1 spiro atoms. The molecule has 0 aromatic heterocycles. The van der Waals surface area contributed by atoms with Crippen LogP contribution in [0.25, 0.3) is 0 Å². The van der Waals surface area contributed by atoms with Gasteiger partial charge in [-0.25, -0.2) is 4.79 Å². The second-order valence-corrected chi connectivity index (χ2v) is 8.98. The van der Waals surface area contributed by atoms with Gasteiger partial charge < -0.3 is 15.5 Å². The van der Waals surface area contributed by atoms with E-state index in [-0.39, 0.29) is 42.6 Å². The maximum atomic E-state index is 12.6. The van der Waals surface area contributed by atoms with E-state index in [9.17, 15) is 19.2 Å². The molecule has 1 aliphatic carbocycles. The van der Waals surface area contributed by atoms with Crippen molar-refractivity contribution in [1.82, 2.24) is 20.4 Å². The summed E-state index contributed by atoms with van der Waals surface area (Å²) < 4.78 is 0. The van der Waals surface area contributed by atoms with Gasteiger partial charge in [0.05, 0.1) is 5.92 Å². The second kappa shape index (κ2) is 8.69. The highest BCUT2D eigenvalue weighted by Crippen LogP contribution is 2.35. The average molecular weight is 427 g/mol. The summed E-state index contributed by atoms with van der Waals surface area (Å²) in [5.41, 5.74) is 1.53. The fourth-order valence-corrected chi connectivity index (χ4v) is 4.80. The van der Waals surface area contributed by atoms with Crippen molar-refractivity contribution in [2.75, 3.05) is 19.6 Å². The van der Waals surface area contributed by atoms with Crippen molar-refractivity contribution >= 4 is 23.8 Å². The molecule has 31 heavy (non-hydrogen) atoms. The van der Waals surface area contributed by atoms with Crippen LogP contribution in [0.1, 0.15) is 49.7 Å². The van der Waals surface area contributed by atoms with Gasteiger partial charge in [0, 0.05) is 32.6 Å².